The van der Waals surface area contributed by atoms with E-state index in [0.717, 1.165) is 39.3 Å². The molecule has 0 unspecified atom stereocenters. The second-order valence-electron chi connectivity index (χ2n) is 7.06. The summed E-state index contributed by atoms with van der Waals surface area (Å²) in [6.07, 6.45) is 1.64. The van der Waals surface area contributed by atoms with Crippen LogP contribution >= 0.6 is 0 Å². The minimum absolute atomic E-state index is 0.557. The van der Waals surface area contributed by atoms with Crippen LogP contribution < -0.4 is 11.1 Å². The van der Waals surface area contributed by atoms with Gasteiger partial charge in [0.25, 0.3) is 0 Å². The molecule has 0 bridgehead atoms. The average molecular weight is 406 g/mol. The Morgan fingerprint density at radius 2 is 1.68 bits per heavy atom. The van der Waals surface area contributed by atoms with Crippen LogP contribution in [0.3, 0.4) is 0 Å². The fraction of sp³-hybridized carbons (Fsp3) is 0.0769. The molecule has 4 aromatic rings. The molecule has 4 rings (SSSR count). The summed E-state index contributed by atoms with van der Waals surface area (Å²) >= 11 is 0. The van der Waals surface area contributed by atoms with Gasteiger partial charge in [-0.05, 0) is 53.1 Å². The van der Waals surface area contributed by atoms with Crippen LogP contribution in [0.5, 0.6) is 0 Å². The average Bonchev–Trinajstić information content (AvgIpc) is 3.37. The van der Waals surface area contributed by atoms with E-state index in [9.17, 15) is 0 Å². The van der Waals surface area contributed by atoms with Gasteiger partial charge in [0.15, 0.2) is 5.76 Å². The number of nitriles is 1. The van der Waals surface area contributed by atoms with Gasteiger partial charge in [-0.1, -0.05) is 43.0 Å². The van der Waals surface area contributed by atoms with Gasteiger partial charge in [0.1, 0.15) is 5.69 Å². The molecule has 0 aliphatic carbocycles. The lowest BCUT2D eigenvalue weighted by atomic mass is 9.99. The van der Waals surface area contributed by atoms with E-state index in [1.807, 2.05) is 48.5 Å². The molecule has 0 saturated carbocycles. The summed E-state index contributed by atoms with van der Waals surface area (Å²) in [5.41, 5.74) is 12.6. The van der Waals surface area contributed by atoms with E-state index < -0.39 is 0 Å². The highest BCUT2D eigenvalue weighted by Gasteiger charge is 2.11. The summed E-state index contributed by atoms with van der Waals surface area (Å²) in [5.74, 6) is 0.702. The molecule has 2 heterocycles. The lowest BCUT2D eigenvalue weighted by molar-refractivity contribution is 0.580. The monoisotopic (exact) mass is 406 g/mol. The summed E-state index contributed by atoms with van der Waals surface area (Å²) in [4.78, 5) is 4.79. The zero-order valence-corrected chi connectivity index (χ0v) is 17.0. The molecule has 5 nitrogen and oxygen atoms in total. The summed E-state index contributed by atoms with van der Waals surface area (Å²) < 4.78 is 5.59. The van der Waals surface area contributed by atoms with Crippen molar-refractivity contribution in [3.05, 3.63) is 96.8 Å². The highest BCUT2D eigenvalue weighted by molar-refractivity contribution is 5.76. The third kappa shape index (κ3) is 4.55. The minimum Gasteiger partial charge on any atom is -0.463 e. The Labute approximate surface area is 181 Å². The zero-order valence-electron chi connectivity index (χ0n) is 17.0. The Bertz CT molecular complexity index is 1220. The Hall–Kier alpha value is -4.14. The number of hydrogen-bond donors (Lipinski definition) is 2. The number of rotatable bonds is 7. The van der Waals surface area contributed by atoms with Crippen molar-refractivity contribution in [3.8, 4) is 39.9 Å². The maximum Gasteiger partial charge on any atom is 0.152 e. The van der Waals surface area contributed by atoms with Crippen molar-refractivity contribution in [1.29, 1.82) is 5.26 Å². The molecule has 5 heteroatoms. The first-order valence-corrected chi connectivity index (χ1v) is 9.98. The number of nitrogens with one attached hydrogen (secondary N) is 1. The first-order chi connectivity index (χ1) is 15.2. The molecule has 31 heavy (non-hydrogen) atoms. The van der Waals surface area contributed by atoms with Crippen LogP contribution in [0.1, 0.15) is 11.1 Å². The van der Waals surface area contributed by atoms with Crippen LogP contribution in [0.25, 0.3) is 39.5 Å². The number of nitrogens with zero attached hydrogens (tertiary/aromatic N) is 2. The summed E-state index contributed by atoms with van der Waals surface area (Å²) in [7, 11) is 0. The smallest absolute Gasteiger partial charge is 0.152 e. The molecule has 152 valence electrons. The third-order valence-corrected chi connectivity index (χ3v) is 4.96. The van der Waals surface area contributed by atoms with Gasteiger partial charge >= 0.3 is 0 Å². The summed E-state index contributed by atoms with van der Waals surface area (Å²) in [6.45, 7) is 5.31. The van der Waals surface area contributed by atoms with E-state index in [2.05, 4.69) is 30.1 Å². The van der Waals surface area contributed by atoms with Gasteiger partial charge in [0.05, 0.1) is 23.6 Å². The second kappa shape index (κ2) is 9.12. The first kappa shape index (κ1) is 20.1. The van der Waals surface area contributed by atoms with Gasteiger partial charge in [-0.3, -0.25) is 0 Å². The topological polar surface area (TPSA) is 87.9 Å². The van der Waals surface area contributed by atoms with E-state index >= 15 is 0 Å². The predicted molar refractivity (Wildman–Crippen MR) is 124 cm³/mol. The van der Waals surface area contributed by atoms with E-state index in [1.165, 1.54) is 0 Å². The molecule has 2 aromatic heterocycles. The molecule has 0 atom stereocenters. The van der Waals surface area contributed by atoms with Crippen molar-refractivity contribution in [2.45, 2.75) is 0 Å². The maximum atomic E-state index is 9.08. The van der Waals surface area contributed by atoms with E-state index in [0.29, 0.717) is 24.4 Å². The molecular weight excluding hydrogens is 384 g/mol. The van der Waals surface area contributed by atoms with Crippen LogP contribution in [0.4, 0.5) is 0 Å². The van der Waals surface area contributed by atoms with Crippen molar-refractivity contribution in [2.75, 3.05) is 13.1 Å². The fourth-order valence-electron chi connectivity index (χ4n) is 3.30. The number of benzene rings is 2. The third-order valence-electron chi connectivity index (χ3n) is 4.96. The van der Waals surface area contributed by atoms with E-state index in [4.69, 9.17) is 20.4 Å². The lowest BCUT2D eigenvalue weighted by Gasteiger charge is -2.11. The molecule has 0 saturated heterocycles. The largest absolute Gasteiger partial charge is 0.463 e. The van der Waals surface area contributed by atoms with Crippen LogP contribution in [0.15, 0.2) is 90.1 Å². The van der Waals surface area contributed by atoms with Crippen LogP contribution in [0, 0.1) is 11.3 Å². The lowest BCUT2D eigenvalue weighted by Crippen LogP contribution is -2.20. The molecular formula is C26H22N4O. The van der Waals surface area contributed by atoms with Crippen LogP contribution in [-0.2, 0) is 0 Å². The first-order valence-electron chi connectivity index (χ1n) is 9.98. The number of nitrogens with two attached hydrogens (primary N) is 1. The molecule has 0 aliphatic heterocycles. The van der Waals surface area contributed by atoms with E-state index in [-0.39, 0.29) is 0 Å². The number of pyridine rings is 1. The SMILES string of the molecule is C=C(NCCN)c1ccc(-c2cc(-c3ccc(C#N)cc3)nc(-c3ccco3)c2)cc1. The highest BCUT2D eigenvalue weighted by Crippen LogP contribution is 2.31. The zero-order chi connectivity index (χ0) is 21.6. The fourth-order valence-corrected chi connectivity index (χ4v) is 3.30. The Morgan fingerprint density at radius 3 is 2.32 bits per heavy atom. The summed E-state index contributed by atoms with van der Waals surface area (Å²) in [6, 6.07) is 25.6. The number of furan rings is 1. The van der Waals surface area contributed by atoms with Crippen molar-refractivity contribution < 1.29 is 4.42 Å². The van der Waals surface area contributed by atoms with Crippen molar-refractivity contribution >= 4 is 5.70 Å². The van der Waals surface area contributed by atoms with Gasteiger partial charge < -0.3 is 15.5 Å². The molecule has 0 spiro atoms. The number of hydrogen-bond acceptors (Lipinski definition) is 5. The maximum absolute atomic E-state index is 9.08. The van der Waals surface area contributed by atoms with Crippen LogP contribution in [0.2, 0.25) is 0 Å². The normalized spacial score (nSPS) is 10.5. The Kier molecular flexibility index (Phi) is 5.93. The molecule has 2 aromatic carbocycles. The van der Waals surface area contributed by atoms with E-state index in [1.54, 1.807) is 18.4 Å². The second-order valence-corrected chi connectivity index (χ2v) is 7.06. The van der Waals surface area contributed by atoms with Crippen molar-refractivity contribution in [3.63, 3.8) is 0 Å². The Balaban J connectivity index is 1.74. The molecule has 0 fully saturated rings. The molecule has 0 radical (unpaired) electrons. The quantitative estimate of drug-likeness (QED) is 0.448. The standard InChI is InChI=1S/C26H22N4O/c1-18(29-13-12-27)20-8-10-21(11-9-20)23-15-24(22-6-4-19(17-28)5-7-22)30-25(16-23)26-3-2-14-31-26/h2-11,14-16,29H,1,12-13,27H2. The molecule has 0 aliphatic rings. The predicted octanol–water partition coefficient (Wildman–Crippen LogP) is 5.07. The highest BCUT2D eigenvalue weighted by atomic mass is 16.3. The van der Waals surface area contributed by atoms with Gasteiger partial charge in [0.2, 0.25) is 0 Å². The van der Waals surface area contributed by atoms with Crippen molar-refractivity contribution in [2.24, 2.45) is 5.73 Å². The van der Waals surface area contributed by atoms with Gasteiger partial charge in [-0.2, -0.15) is 5.26 Å². The van der Waals surface area contributed by atoms with Crippen molar-refractivity contribution in [1.82, 2.24) is 10.3 Å². The van der Waals surface area contributed by atoms with Gasteiger partial charge in [-0.25, -0.2) is 4.98 Å². The number of aromatic nitrogens is 1. The summed E-state index contributed by atoms with van der Waals surface area (Å²) in [5, 5.41) is 12.3. The molecule has 0 amide bonds. The Morgan fingerprint density at radius 1 is 0.968 bits per heavy atom. The van der Waals surface area contributed by atoms with Gasteiger partial charge in [0, 0.05) is 24.4 Å². The van der Waals surface area contributed by atoms with Gasteiger partial charge in [-0.15, -0.1) is 0 Å². The van der Waals surface area contributed by atoms with Crippen LogP contribution in [-0.4, -0.2) is 18.1 Å². The molecule has 3 N–H and O–H groups in total. The minimum atomic E-state index is 0.557.